The quantitative estimate of drug-likeness (QED) is 0.840. The third-order valence-electron chi connectivity index (χ3n) is 3.83. The maximum Gasteiger partial charge on any atom is 0.0452 e. The van der Waals surface area contributed by atoms with Crippen molar-refractivity contribution in [3.05, 3.63) is 33.8 Å². The molecule has 0 aromatic heterocycles. The molecule has 2 nitrogen and oxygen atoms in total. The van der Waals surface area contributed by atoms with E-state index in [1.54, 1.807) is 0 Å². The normalized spacial score (nSPS) is 19.5. The minimum absolute atomic E-state index is 0.619. The summed E-state index contributed by atoms with van der Waals surface area (Å²) in [5.41, 5.74) is 1.13. The van der Waals surface area contributed by atoms with Crippen LogP contribution in [-0.4, -0.2) is 30.6 Å². The van der Waals surface area contributed by atoms with Crippen molar-refractivity contribution in [2.45, 2.75) is 45.2 Å². The van der Waals surface area contributed by atoms with E-state index in [-0.39, 0.29) is 0 Å². The number of nitrogens with zero attached hydrogens (tertiary/aromatic N) is 1. The van der Waals surface area contributed by atoms with E-state index < -0.39 is 0 Å². The van der Waals surface area contributed by atoms with E-state index in [1.165, 1.54) is 19.3 Å². The Balaban J connectivity index is 1.98. The summed E-state index contributed by atoms with van der Waals surface area (Å²) < 4.78 is 0. The average molecular weight is 315 g/mol. The number of piperidine rings is 1. The van der Waals surface area contributed by atoms with Crippen LogP contribution in [0.4, 0.5) is 0 Å². The van der Waals surface area contributed by atoms with Crippen LogP contribution < -0.4 is 5.32 Å². The van der Waals surface area contributed by atoms with E-state index in [0.29, 0.717) is 6.04 Å². The average Bonchev–Trinajstić information content (AvgIpc) is 2.44. The van der Waals surface area contributed by atoms with Gasteiger partial charge in [0.1, 0.15) is 0 Å². The SMILES string of the molecule is CCCN(Cc1cc(Cl)ccc1Cl)CC1CCCCN1. The van der Waals surface area contributed by atoms with Gasteiger partial charge in [-0.15, -0.1) is 0 Å². The molecular weight excluding hydrogens is 291 g/mol. The number of halogens is 2. The van der Waals surface area contributed by atoms with Crippen molar-refractivity contribution in [2.24, 2.45) is 0 Å². The van der Waals surface area contributed by atoms with Gasteiger partial charge in [-0.3, -0.25) is 4.90 Å². The molecule has 1 aliphatic heterocycles. The first-order valence-electron chi connectivity index (χ1n) is 7.58. The highest BCUT2D eigenvalue weighted by atomic mass is 35.5. The molecule has 0 radical (unpaired) electrons. The van der Waals surface area contributed by atoms with Crippen LogP contribution in [0.1, 0.15) is 38.2 Å². The van der Waals surface area contributed by atoms with Crippen LogP contribution in [0.25, 0.3) is 0 Å². The lowest BCUT2D eigenvalue weighted by atomic mass is 10.0. The molecule has 2 rings (SSSR count). The van der Waals surface area contributed by atoms with Gasteiger partial charge in [0.15, 0.2) is 0 Å². The summed E-state index contributed by atoms with van der Waals surface area (Å²) >= 11 is 12.4. The van der Waals surface area contributed by atoms with Gasteiger partial charge in [-0.05, 0) is 56.1 Å². The maximum absolute atomic E-state index is 6.28. The summed E-state index contributed by atoms with van der Waals surface area (Å²) in [5.74, 6) is 0. The lowest BCUT2D eigenvalue weighted by Crippen LogP contribution is -2.43. The van der Waals surface area contributed by atoms with Crippen molar-refractivity contribution in [1.82, 2.24) is 10.2 Å². The molecule has 0 spiro atoms. The Morgan fingerprint density at radius 1 is 1.30 bits per heavy atom. The number of hydrogen-bond donors (Lipinski definition) is 1. The molecule has 1 atom stereocenters. The van der Waals surface area contributed by atoms with E-state index in [0.717, 1.165) is 48.2 Å². The molecule has 1 aromatic rings. The topological polar surface area (TPSA) is 15.3 Å². The third-order valence-corrected chi connectivity index (χ3v) is 4.44. The van der Waals surface area contributed by atoms with E-state index in [4.69, 9.17) is 23.2 Å². The zero-order valence-corrected chi connectivity index (χ0v) is 13.7. The highest BCUT2D eigenvalue weighted by Crippen LogP contribution is 2.22. The number of hydrogen-bond acceptors (Lipinski definition) is 2. The van der Waals surface area contributed by atoms with Crippen LogP contribution in [0.5, 0.6) is 0 Å². The van der Waals surface area contributed by atoms with E-state index in [9.17, 15) is 0 Å². The summed E-state index contributed by atoms with van der Waals surface area (Å²) in [5, 5.41) is 5.19. The van der Waals surface area contributed by atoms with Crippen molar-refractivity contribution >= 4 is 23.2 Å². The first kappa shape index (κ1) is 16.1. The fourth-order valence-electron chi connectivity index (χ4n) is 2.85. The van der Waals surface area contributed by atoms with Crippen LogP contribution in [-0.2, 0) is 6.54 Å². The number of benzene rings is 1. The summed E-state index contributed by atoms with van der Waals surface area (Å²) in [6.07, 6.45) is 5.09. The smallest absolute Gasteiger partial charge is 0.0452 e. The zero-order chi connectivity index (χ0) is 14.4. The molecule has 1 unspecified atom stereocenters. The molecule has 1 aromatic carbocycles. The molecule has 1 aliphatic rings. The summed E-state index contributed by atoms with van der Waals surface area (Å²) in [6, 6.07) is 6.34. The Kier molecular flexibility index (Phi) is 6.63. The first-order chi connectivity index (χ1) is 9.69. The first-order valence-corrected chi connectivity index (χ1v) is 8.34. The second-order valence-electron chi connectivity index (χ2n) is 5.62. The van der Waals surface area contributed by atoms with Crippen molar-refractivity contribution in [1.29, 1.82) is 0 Å². The van der Waals surface area contributed by atoms with Gasteiger partial charge in [0.05, 0.1) is 0 Å². The van der Waals surface area contributed by atoms with Crippen LogP contribution in [0.3, 0.4) is 0 Å². The van der Waals surface area contributed by atoms with E-state index in [1.807, 2.05) is 18.2 Å². The van der Waals surface area contributed by atoms with Crippen molar-refractivity contribution in [2.75, 3.05) is 19.6 Å². The second kappa shape index (κ2) is 8.23. The molecule has 1 fully saturated rings. The van der Waals surface area contributed by atoms with Crippen LogP contribution >= 0.6 is 23.2 Å². The van der Waals surface area contributed by atoms with E-state index >= 15 is 0 Å². The molecule has 0 saturated carbocycles. The van der Waals surface area contributed by atoms with Crippen LogP contribution in [0.2, 0.25) is 10.0 Å². The molecule has 0 aliphatic carbocycles. The fraction of sp³-hybridized carbons (Fsp3) is 0.625. The number of rotatable bonds is 6. The molecule has 4 heteroatoms. The molecule has 112 valence electrons. The van der Waals surface area contributed by atoms with Gasteiger partial charge in [0.25, 0.3) is 0 Å². The largest absolute Gasteiger partial charge is 0.313 e. The van der Waals surface area contributed by atoms with Crippen molar-refractivity contribution < 1.29 is 0 Å². The molecule has 0 amide bonds. The molecule has 1 saturated heterocycles. The minimum atomic E-state index is 0.619. The lowest BCUT2D eigenvalue weighted by molar-refractivity contribution is 0.217. The van der Waals surface area contributed by atoms with Gasteiger partial charge < -0.3 is 5.32 Å². The van der Waals surface area contributed by atoms with Crippen LogP contribution in [0, 0.1) is 0 Å². The highest BCUT2D eigenvalue weighted by molar-refractivity contribution is 6.33. The standard InChI is InChI=1S/C16H24Cl2N2/c1-2-9-20(12-15-5-3-4-8-19-15)11-13-10-14(17)6-7-16(13)18/h6-7,10,15,19H,2-5,8-9,11-12H2,1H3. The molecule has 20 heavy (non-hydrogen) atoms. The molecular formula is C16H24Cl2N2. The van der Waals surface area contributed by atoms with Crippen molar-refractivity contribution in [3.8, 4) is 0 Å². The predicted octanol–water partition coefficient (Wildman–Crippen LogP) is 4.35. The van der Waals surface area contributed by atoms with Gasteiger partial charge in [0.2, 0.25) is 0 Å². The molecule has 1 N–H and O–H groups in total. The molecule has 0 bridgehead atoms. The maximum atomic E-state index is 6.28. The zero-order valence-electron chi connectivity index (χ0n) is 12.2. The Labute approximate surface area is 132 Å². The van der Waals surface area contributed by atoms with Crippen molar-refractivity contribution in [3.63, 3.8) is 0 Å². The van der Waals surface area contributed by atoms with E-state index in [2.05, 4.69) is 17.1 Å². The minimum Gasteiger partial charge on any atom is -0.313 e. The monoisotopic (exact) mass is 314 g/mol. The highest BCUT2D eigenvalue weighted by Gasteiger charge is 2.17. The lowest BCUT2D eigenvalue weighted by Gasteiger charge is -2.30. The Morgan fingerprint density at radius 2 is 2.15 bits per heavy atom. The Hall–Kier alpha value is -0.280. The summed E-state index contributed by atoms with van der Waals surface area (Å²) in [7, 11) is 0. The van der Waals surface area contributed by atoms with Gasteiger partial charge in [-0.25, -0.2) is 0 Å². The van der Waals surface area contributed by atoms with Gasteiger partial charge in [-0.2, -0.15) is 0 Å². The summed E-state index contributed by atoms with van der Waals surface area (Å²) in [4.78, 5) is 2.49. The van der Waals surface area contributed by atoms with Gasteiger partial charge in [0, 0.05) is 29.2 Å². The van der Waals surface area contributed by atoms with Crippen LogP contribution in [0.15, 0.2) is 18.2 Å². The third kappa shape index (κ3) is 4.92. The fourth-order valence-corrected chi connectivity index (χ4v) is 3.22. The second-order valence-corrected chi connectivity index (χ2v) is 6.46. The van der Waals surface area contributed by atoms with Gasteiger partial charge in [-0.1, -0.05) is 36.5 Å². The van der Waals surface area contributed by atoms with Gasteiger partial charge >= 0.3 is 0 Å². The Morgan fingerprint density at radius 3 is 2.85 bits per heavy atom. The molecule has 1 heterocycles. The number of nitrogens with one attached hydrogen (secondary N) is 1. The summed E-state index contributed by atoms with van der Waals surface area (Å²) in [6.45, 7) is 6.45. The predicted molar refractivity (Wildman–Crippen MR) is 87.7 cm³/mol. The Bertz CT molecular complexity index is 417.